The standard InChI is InChI=1S/C17H16N2/c18-16(13-6-2-1-3-7-13)12-15-9-4-8-14-10-5-11-19-17(14)15/h1-11,16H,12,18H2. The molecule has 0 saturated heterocycles. The Morgan fingerprint density at radius 2 is 1.68 bits per heavy atom. The molecular weight excluding hydrogens is 232 g/mol. The summed E-state index contributed by atoms with van der Waals surface area (Å²) < 4.78 is 0. The molecule has 2 aromatic carbocycles. The lowest BCUT2D eigenvalue weighted by atomic mass is 9.98. The Hall–Kier alpha value is -2.19. The number of hydrogen-bond donors (Lipinski definition) is 1. The fourth-order valence-electron chi connectivity index (χ4n) is 2.39. The molecule has 1 heterocycles. The summed E-state index contributed by atoms with van der Waals surface area (Å²) in [5.74, 6) is 0. The molecule has 0 aliphatic carbocycles. The predicted octanol–water partition coefficient (Wildman–Crippen LogP) is 3.48. The molecule has 1 atom stereocenters. The van der Waals surface area contributed by atoms with Crippen molar-refractivity contribution in [2.45, 2.75) is 12.5 Å². The first-order valence-electron chi connectivity index (χ1n) is 6.48. The summed E-state index contributed by atoms with van der Waals surface area (Å²) in [6.45, 7) is 0. The number of pyridine rings is 1. The molecule has 94 valence electrons. The van der Waals surface area contributed by atoms with Gasteiger partial charge in [-0.1, -0.05) is 54.6 Å². The van der Waals surface area contributed by atoms with Gasteiger partial charge < -0.3 is 5.73 Å². The Kier molecular flexibility index (Phi) is 3.25. The number of fused-ring (bicyclic) bond motifs is 1. The summed E-state index contributed by atoms with van der Waals surface area (Å²) in [7, 11) is 0. The Balaban J connectivity index is 1.94. The van der Waals surface area contributed by atoms with Crippen LogP contribution in [0.2, 0.25) is 0 Å². The summed E-state index contributed by atoms with van der Waals surface area (Å²) in [6, 6.07) is 20.5. The molecule has 0 bridgehead atoms. The van der Waals surface area contributed by atoms with E-state index in [0.717, 1.165) is 17.5 Å². The second-order valence-electron chi connectivity index (χ2n) is 4.71. The van der Waals surface area contributed by atoms with E-state index in [0.29, 0.717) is 0 Å². The molecule has 2 N–H and O–H groups in total. The van der Waals surface area contributed by atoms with Crippen LogP contribution in [0.15, 0.2) is 66.9 Å². The number of nitrogens with two attached hydrogens (primary N) is 1. The molecular formula is C17H16N2. The van der Waals surface area contributed by atoms with Crippen LogP contribution in [0.5, 0.6) is 0 Å². The van der Waals surface area contributed by atoms with E-state index < -0.39 is 0 Å². The molecule has 0 aliphatic heterocycles. The van der Waals surface area contributed by atoms with Crippen molar-refractivity contribution in [3.8, 4) is 0 Å². The molecule has 0 aliphatic rings. The Bertz CT molecular complexity index is 672. The third kappa shape index (κ3) is 2.49. The Morgan fingerprint density at radius 3 is 2.53 bits per heavy atom. The number of nitrogens with zero attached hydrogens (tertiary/aromatic N) is 1. The van der Waals surface area contributed by atoms with Crippen LogP contribution >= 0.6 is 0 Å². The Morgan fingerprint density at radius 1 is 0.895 bits per heavy atom. The molecule has 0 spiro atoms. The zero-order chi connectivity index (χ0) is 13.1. The number of aromatic nitrogens is 1. The zero-order valence-corrected chi connectivity index (χ0v) is 10.7. The first-order chi connectivity index (χ1) is 9.34. The van der Waals surface area contributed by atoms with Crippen LogP contribution in [0.1, 0.15) is 17.2 Å². The quantitative estimate of drug-likeness (QED) is 0.770. The van der Waals surface area contributed by atoms with Crippen molar-refractivity contribution < 1.29 is 0 Å². The minimum Gasteiger partial charge on any atom is -0.324 e. The summed E-state index contributed by atoms with van der Waals surface area (Å²) in [5, 5.41) is 1.17. The average molecular weight is 248 g/mol. The predicted molar refractivity (Wildman–Crippen MR) is 78.8 cm³/mol. The molecule has 1 aromatic heterocycles. The van der Waals surface area contributed by atoms with E-state index in [1.54, 1.807) is 0 Å². The molecule has 2 heteroatoms. The molecule has 0 fully saturated rings. The molecule has 3 rings (SSSR count). The number of benzene rings is 2. The van der Waals surface area contributed by atoms with Crippen LogP contribution in [0, 0.1) is 0 Å². The van der Waals surface area contributed by atoms with Crippen LogP contribution in [0.25, 0.3) is 10.9 Å². The van der Waals surface area contributed by atoms with Crippen molar-refractivity contribution in [3.63, 3.8) is 0 Å². The maximum atomic E-state index is 6.29. The van der Waals surface area contributed by atoms with Crippen LogP contribution < -0.4 is 5.73 Å². The van der Waals surface area contributed by atoms with Gasteiger partial charge in [-0.3, -0.25) is 4.98 Å². The highest BCUT2D eigenvalue weighted by molar-refractivity contribution is 5.81. The largest absolute Gasteiger partial charge is 0.324 e. The lowest BCUT2D eigenvalue weighted by Crippen LogP contribution is -2.13. The van der Waals surface area contributed by atoms with Crippen molar-refractivity contribution in [2.24, 2.45) is 5.73 Å². The molecule has 3 aromatic rings. The second-order valence-corrected chi connectivity index (χ2v) is 4.71. The first-order valence-corrected chi connectivity index (χ1v) is 6.48. The number of hydrogen-bond acceptors (Lipinski definition) is 2. The highest BCUT2D eigenvalue weighted by atomic mass is 14.7. The van der Waals surface area contributed by atoms with Gasteiger partial charge in [0.05, 0.1) is 5.52 Å². The molecule has 2 nitrogen and oxygen atoms in total. The van der Waals surface area contributed by atoms with Crippen molar-refractivity contribution in [1.82, 2.24) is 4.98 Å². The topological polar surface area (TPSA) is 38.9 Å². The van der Waals surface area contributed by atoms with Gasteiger partial charge in [-0.25, -0.2) is 0 Å². The monoisotopic (exact) mass is 248 g/mol. The van der Waals surface area contributed by atoms with Gasteiger partial charge in [-0.2, -0.15) is 0 Å². The van der Waals surface area contributed by atoms with E-state index in [9.17, 15) is 0 Å². The van der Waals surface area contributed by atoms with E-state index >= 15 is 0 Å². The van der Waals surface area contributed by atoms with Crippen LogP contribution in [-0.4, -0.2) is 4.98 Å². The van der Waals surface area contributed by atoms with Gasteiger partial charge in [-0.05, 0) is 23.6 Å². The van der Waals surface area contributed by atoms with Gasteiger partial charge in [0.1, 0.15) is 0 Å². The van der Waals surface area contributed by atoms with E-state index in [1.165, 1.54) is 10.9 Å². The summed E-state index contributed by atoms with van der Waals surface area (Å²) >= 11 is 0. The summed E-state index contributed by atoms with van der Waals surface area (Å²) in [6.07, 6.45) is 2.64. The van der Waals surface area contributed by atoms with Gasteiger partial charge in [0.25, 0.3) is 0 Å². The van der Waals surface area contributed by atoms with Crippen LogP contribution in [0.3, 0.4) is 0 Å². The van der Waals surface area contributed by atoms with Gasteiger partial charge >= 0.3 is 0 Å². The SMILES string of the molecule is NC(Cc1cccc2cccnc12)c1ccccc1. The van der Waals surface area contributed by atoms with Gasteiger partial charge in [0.2, 0.25) is 0 Å². The minimum atomic E-state index is 0.00815. The normalized spacial score (nSPS) is 12.5. The van der Waals surface area contributed by atoms with Crippen molar-refractivity contribution in [3.05, 3.63) is 78.0 Å². The second kappa shape index (κ2) is 5.21. The van der Waals surface area contributed by atoms with Crippen LogP contribution in [-0.2, 0) is 6.42 Å². The summed E-state index contributed by atoms with van der Waals surface area (Å²) in [4.78, 5) is 4.47. The highest BCUT2D eigenvalue weighted by Crippen LogP contribution is 2.21. The van der Waals surface area contributed by atoms with Crippen molar-refractivity contribution >= 4 is 10.9 Å². The average Bonchev–Trinajstić information content (AvgIpc) is 2.48. The van der Waals surface area contributed by atoms with Gasteiger partial charge in [-0.15, -0.1) is 0 Å². The Labute approximate surface area is 112 Å². The maximum Gasteiger partial charge on any atom is 0.0734 e. The van der Waals surface area contributed by atoms with E-state index in [1.807, 2.05) is 30.5 Å². The summed E-state index contributed by atoms with van der Waals surface area (Å²) in [5.41, 5.74) is 9.71. The fourth-order valence-corrected chi connectivity index (χ4v) is 2.39. The highest BCUT2D eigenvalue weighted by Gasteiger charge is 2.09. The lowest BCUT2D eigenvalue weighted by molar-refractivity contribution is 0.724. The van der Waals surface area contributed by atoms with Crippen LogP contribution in [0.4, 0.5) is 0 Å². The van der Waals surface area contributed by atoms with E-state index in [-0.39, 0.29) is 6.04 Å². The maximum absolute atomic E-state index is 6.29. The zero-order valence-electron chi connectivity index (χ0n) is 10.7. The fraction of sp³-hybridized carbons (Fsp3) is 0.118. The smallest absolute Gasteiger partial charge is 0.0734 e. The molecule has 0 saturated carbocycles. The minimum absolute atomic E-state index is 0.00815. The van der Waals surface area contributed by atoms with Gasteiger partial charge in [0, 0.05) is 17.6 Å². The van der Waals surface area contributed by atoms with E-state index in [2.05, 4.69) is 41.4 Å². The lowest BCUT2D eigenvalue weighted by Gasteiger charge is -2.13. The number of rotatable bonds is 3. The first kappa shape index (κ1) is 11.9. The molecule has 1 unspecified atom stereocenters. The molecule has 19 heavy (non-hydrogen) atoms. The van der Waals surface area contributed by atoms with Crippen molar-refractivity contribution in [1.29, 1.82) is 0 Å². The molecule has 0 amide bonds. The third-order valence-electron chi connectivity index (χ3n) is 3.38. The third-order valence-corrected chi connectivity index (χ3v) is 3.38. The van der Waals surface area contributed by atoms with E-state index in [4.69, 9.17) is 5.73 Å². The molecule has 0 radical (unpaired) electrons. The number of para-hydroxylation sites is 1. The van der Waals surface area contributed by atoms with Gasteiger partial charge in [0.15, 0.2) is 0 Å². The van der Waals surface area contributed by atoms with Crippen molar-refractivity contribution in [2.75, 3.05) is 0 Å².